The van der Waals surface area contributed by atoms with Crippen molar-refractivity contribution >= 4 is 23.0 Å². The van der Waals surface area contributed by atoms with Crippen LogP contribution in [0.25, 0.3) is 5.70 Å². The van der Waals surface area contributed by atoms with Crippen LogP contribution in [-0.4, -0.2) is 20.0 Å². The maximum Gasteiger partial charge on any atom is 0.263 e. The van der Waals surface area contributed by atoms with Crippen molar-refractivity contribution in [2.45, 2.75) is 19.8 Å². The molecule has 0 radical (unpaired) electrons. The normalized spacial score (nSPS) is 14.0. The highest BCUT2D eigenvalue weighted by Crippen LogP contribution is 2.39. The molecule has 0 saturated heterocycles. The fraction of sp³-hybridized carbons (Fsp3) is 0.179. The molecule has 154 valence electrons. The minimum Gasteiger partial charge on any atom is -0.378 e. The van der Waals surface area contributed by atoms with Crippen molar-refractivity contribution in [1.29, 1.82) is 0 Å². The van der Waals surface area contributed by atoms with Crippen molar-refractivity contribution in [2.75, 3.05) is 23.9 Å². The predicted molar refractivity (Wildman–Crippen MR) is 129 cm³/mol. The standard InChI is InChI=1S/C28H26N2O/c1-4-10-22(18-15-21-16-19-23(20-17-21)29(2)3)27-25-13-8-9-14-26(25)28(31)30(27)24-11-6-5-7-12-24/h5-9,11-14,16-17,19-20H,4,10H2,1-3H3/b27-22+. The van der Waals surface area contributed by atoms with Gasteiger partial charge < -0.3 is 4.90 Å². The lowest BCUT2D eigenvalue weighted by atomic mass is 10.0. The van der Waals surface area contributed by atoms with Crippen molar-refractivity contribution in [3.8, 4) is 11.8 Å². The number of hydrogen-bond donors (Lipinski definition) is 0. The van der Waals surface area contributed by atoms with Gasteiger partial charge >= 0.3 is 0 Å². The summed E-state index contributed by atoms with van der Waals surface area (Å²) >= 11 is 0. The Balaban J connectivity index is 1.85. The number of amides is 1. The Hall–Kier alpha value is -3.77. The summed E-state index contributed by atoms with van der Waals surface area (Å²) in [5.74, 6) is 6.74. The van der Waals surface area contributed by atoms with Gasteiger partial charge in [-0.05, 0) is 48.9 Å². The van der Waals surface area contributed by atoms with Gasteiger partial charge in [0.05, 0.1) is 5.70 Å². The molecule has 0 aliphatic carbocycles. The quantitative estimate of drug-likeness (QED) is 0.498. The summed E-state index contributed by atoms with van der Waals surface area (Å²) in [5, 5.41) is 0. The molecule has 31 heavy (non-hydrogen) atoms. The van der Waals surface area contributed by atoms with Gasteiger partial charge in [-0.2, -0.15) is 0 Å². The van der Waals surface area contributed by atoms with E-state index in [1.807, 2.05) is 85.7 Å². The van der Waals surface area contributed by atoms with Gasteiger partial charge in [-0.25, -0.2) is 0 Å². The number of hydrogen-bond acceptors (Lipinski definition) is 2. The molecule has 0 N–H and O–H groups in total. The Morgan fingerprint density at radius 3 is 2.16 bits per heavy atom. The summed E-state index contributed by atoms with van der Waals surface area (Å²) in [4.78, 5) is 17.2. The molecular weight excluding hydrogens is 380 g/mol. The number of allylic oxidation sites excluding steroid dienone is 1. The van der Waals surface area contributed by atoms with E-state index in [9.17, 15) is 4.79 Å². The number of carbonyl (C=O) groups is 1. The number of nitrogens with zero attached hydrogens (tertiary/aromatic N) is 2. The molecule has 0 unspecified atom stereocenters. The zero-order valence-corrected chi connectivity index (χ0v) is 18.2. The van der Waals surface area contributed by atoms with Crippen LogP contribution in [0.2, 0.25) is 0 Å². The predicted octanol–water partition coefficient (Wildman–Crippen LogP) is 5.98. The lowest BCUT2D eigenvalue weighted by molar-refractivity contribution is 0.101. The van der Waals surface area contributed by atoms with Gasteiger partial charge in [0, 0.05) is 47.7 Å². The van der Waals surface area contributed by atoms with Crippen molar-refractivity contribution in [2.24, 2.45) is 0 Å². The fourth-order valence-electron chi connectivity index (χ4n) is 3.82. The van der Waals surface area contributed by atoms with Crippen molar-refractivity contribution < 1.29 is 4.79 Å². The molecular formula is C28H26N2O. The summed E-state index contributed by atoms with van der Waals surface area (Å²) in [6.45, 7) is 2.14. The van der Waals surface area contributed by atoms with E-state index in [2.05, 4.69) is 35.8 Å². The molecule has 0 spiro atoms. The molecule has 3 aromatic carbocycles. The van der Waals surface area contributed by atoms with Gasteiger partial charge in [-0.3, -0.25) is 9.69 Å². The van der Waals surface area contributed by atoms with Crippen LogP contribution in [0.5, 0.6) is 0 Å². The van der Waals surface area contributed by atoms with E-state index in [-0.39, 0.29) is 5.91 Å². The minimum absolute atomic E-state index is 0.00235. The van der Waals surface area contributed by atoms with Crippen LogP contribution in [0.3, 0.4) is 0 Å². The average Bonchev–Trinajstić information content (AvgIpc) is 3.10. The highest BCUT2D eigenvalue weighted by atomic mass is 16.2. The highest BCUT2D eigenvalue weighted by molar-refractivity contribution is 6.23. The Labute approximate surface area is 184 Å². The van der Waals surface area contributed by atoms with Crippen LogP contribution < -0.4 is 9.80 Å². The zero-order valence-electron chi connectivity index (χ0n) is 18.2. The number of anilines is 2. The van der Waals surface area contributed by atoms with Crippen molar-refractivity contribution in [1.82, 2.24) is 0 Å². The molecule has 3 aromatic rings. The summed E-state index contributed by atoms with van der Waals surface area (Å²) in [6.07, 6.45) is 1.76. The van der Waals surface area contributed by atoms with Crippen LogP contribution >= 0.6 is 0 Å². The summed E-state index contributed by atoms with van der Waals surface area (Å²) in [5.41, 5.74) is 6.55. The van der Waals surface area contributed by atoms with E-state index in [4.69, 9.17) is 0 Å². The molecule has 3 nitrogen and oxygen atoms in total. The van der Waals surface area contributed by atoms with Crippen molar-refractivity contribution in [3.05, 3.63) is 101 Å². The third-order valence-corrected chi connectivity index (χ3v) is 5.38. The van der Waals surface area contributed by atoms with E-state index in [0.717, 1.165) is 52.2 Å². The molecule has 0 aromatic heterocycles. The third-order valence-electron chi connectivity index (χ3n) is 5.38. The van der Waals surface area contributed by atoms with Gasteiger partial charge in [-0.1, -0.05) is 61.6 Å². The number of rotatable bonds is 4. The van der Waals surface area contributed by atoms with Gasteiger partial charge in [0.15, 0.2) is 0 Å². The Morgan fingerprint density at radius 1 is 0.871 bits per heavy atom. The molecule has 1 heterocycles. The second kappa shape index (κ2) is 8.93. The third kappa shape index (κ3) is 4.11. The average molecular weight is 407 g/mol. The van der Waals surface area contributed by atoms with Crippen LogP contribution in [0, 0.1) is 11.8 Å². The summed E-state index contributed by atoms with van der Waals surface area (Å²) in [6, 6.07) is 25.9. The second-order valence-electron chi connectivity index (χ2n) is 7.79. The first-order valence-corrected chi connectivity index (χ1v) is 10.6. The van der Waals surface area contributed by atoms with Gasteiger partial charge in [0.2, 0.25) is 0 Å². The van der Waals surface area contributed by atoms with Crippen molar-refractivity contribution in [3.63, 3.8) is 0 Å². The molecule has 0 bridgehead atoms. The van der Waals surface area contributed by atoms with Crippen LogP contribution in [0.15, 0.2) is 84.4 Å². The van der Waals surface area contributed by atoms with E-state index in [0.29, 0.717) is 0 Å². The van der Waals surface area contributed by atoms with Gasteiger partial charge in [0.25, 0.3) is 5.91 Å². The Morgan fingerprint density at radius 2 is 1.52 bits per heavy atom. The zero-order chi connectivity index (χ0) is 21.8. The molecule has 0 atom stereocenters. The van der Waals surface area contributed by atoms with Gasteiger partial charge in [0.1, 0.15) is 0 Å². The fourth-order valence-corrected chi connectivity index (χ4v) is 3.82. The SMILES string of the molecule is CCC/C(C#Cc1ccc(N(C)C)cc1)=C1/c2ccccc2C(=O)N1c1ccccc1. The molecule has 0 fully saturated rings. The minimum atomic E-state index is 0.00235. The molecule has 1 aliphatic heterocycles. The molecule has 0 saturated carbocycles. The van der Waals surface area contributed by atoms with E-state index >= 15 is 0 Å². The first kappa shape index (κ1) is 20.5. The summed E-state index contributed by atoms with van der Waals surface area (Å²) in [7, 11) is 4.05. The smallest absolute Gasteiger partial charge is 0.263 e. The first-order chi connectivity index (χ1) is 15.1. The number of carbonyl (C=O) groups excluding carboxylic acids is 1. The van der Waals surface area contributed by atoms with E-state index in [1.54, 1.807) is 0 Å². The van der Waals surface area contributed by atoms with Crippen LogP contribution in [-0.2, 0) is 0 Å². The molecule has 3 heteroatoms. The maximum atomic E-state index is 13.3. The number of benzene rings is 3. The second-order valence-corrected chi connectivity index (χ2v) is 7.79. The largest absolute Gasteiger partial charge is 0.378 e. The van der Waals surface area contributed by atoms with Crippen LogP contribution in [0.4, 0.5) is 11.4 Å². The maximum absolute atomic E-state index is 13.3. The molecule has 1 aliphatic rings. The summed E-state index contributed by atoms with van der Waals surface area (Å²) < 4.78 is 0. The van der Waals surface area contributed by atoms with Gasteiger partial charge in [-0.15, -0.1) is 0 Å². The van der Waals surface area contributed by atoms with Crippen LogP contribution in [0.1, 0.15) is 41.3 Å². The lowest BCUT2D eigenvalue weighted by Gasteiger charge is -2.20. The first-order valence-electron chi connectivity index (χ1n) is 10.6. The monoisotopic (exact) mass is 406 g/mol. The lowest BCUT2D eigenvalue weighted by Crippen LogP contribution is -2.23. The Kier molecular flexibility index (Phi) is 5.91. The van der Waals surface area contributed by atoms with E-state index in [1.165, 1.54) is 0 Å². The Bertz CT molecular complexity index is 1180. The molecule has 4 rings (SSSR count). The molecule has 1 amide bonds. The topological polar surface area (TPSA) is 23.6 Å². The van der Waals surface area contributed by atoms with E-state index < -0.39 is 0 Å². The highest BCUT2D eigenvalue weighted by Gasteiger charge is 2.34. The number of fused-ring (bicyclic) bond motifs is 1. The number of para-hydroxylation sites is 1.